The molecule has 0 fully saturated rings. The van der Waals surface area contributed by atoms with Crippen molar-refractivity contribution in [3.63, 3.8) is 0 Å². The summed E-state index contributed by atoms with van der Waals surface area (Å²) in [6, 6.07) is 17.0. The Balaban J connectivity index is 1.72. The Morgan fingerprint density at radius 3 is 0.729 bits per heavy atom. The van der Waals surface area contributed by atoms with E-state index in [1.54, 1.807) is 42.4 Å². The number of nitrogens with zero attached hydrogens (tertiary/aromatic N) is 2. The molecule has 0 aromatic heterocycles. The smallest absolute Gasteiger partial charge is 0.259 e. The third kappa shape index (κ3) is 14.5. The minimum Gasteiger partial charge on any atom is -0.496 e. The summed E-state index contributed by atoms with van der Waals surface area (Å²) in [5.74, 6) is 2.09. The number of carbonyl (C=O) groups excluding carboxylic acids is 2. The SMILES string of the molecule is COc1c2cc(C(C)(C)C)cc1COCc1cc(C(C)(C)C)cc(c1OCC(=O)N(C)C)COCc1cc(C(C)(C)C)cc(c1OCC(=O)N(C)C)COCc1cc(C(C)(C)C)cc(c1OC)COC2. The first-order valence-electron chi connectivity index (χ1n) is 24.3. The van der Waals surface area contributed by atoms with Crippen LogP contribution in [0.5, 0.6) is 23.0 Å². The summed E-state index contributed by atoms with van der Waals surface area (Å²) in [5, 5.41) is 0. The molecule has 5 rings (SSSR count). The van der Waals surface area contributed by atoms with Crippen LogP contribution in [0.4, 0.5) is 0 Å². The lowest BCUT2D eigenvalue weighted by Crippen LogP contribution is -2.28. The van der Waals surface area contributed by atoms with Crippen molar-refractivity contribution in [2.75, 3.05) is 55.6 Å². The van der Waals surface area contributed by atoms with Crippen LogP contribution < -0.4 is 18.9 Å². The van der Waals surface area contributed by atoms with E-state index in [2.05, 4.69) is 132 Å². The molecule has 384 valence electrons. The number of ether oxygens (including phenoxy) is 8. The lowest BCUT2D eigenvalue weighted by molar-refractivity contribution is -0.131. The molecule has 0 atom stereocenters. The van der Waals surface area contributed by atoms with E-state index in [1.165, 1.54) is 9.80 Å². The third-order valence-corrected chi connectivity index (χ3v) is 12.6. The number of methoxy groups -OCH3 is 2. The van der Waals surface area contributed by atoms with Gasteiger partial charge in [0.25, 0.3) is 11.8 Å². The number of fused-ring (bicyclic) bond motifs is 8. The minimum absolute atomic E-state index is 0.140. The highest BCUT2D eigenvalue weighted by molar-refractivity contribution is 5.77. The predicted molar refractivity (Wildman–Crippen MR) is 276 cm³/mol. The topological polar surface area (TPSA) is 114 Å². The Kier molecular flexibility index (Phi) is 18.3. The largest absolute Gasteiger partial charge is 0.496 e. The molecular weight excluding hydrogens is 885 g/mol. The number of benzene rings is 4. The zero-order chi connectivity index (χ0) is 51.9. The quantitative estimate of drug-likeness (QED) is 0.169. The summed E-state index contributed by atoms with van der Waals surface area (Å²) in [7, 11) is 10.2. The highest BCUT2D eigenvalue weighted by atomic mass is 16.5. The standard InChI is InChI=1S/C58H82N2O10/c1-55(2,3)45-19-37-27-65-28-38-20-46(56(4,5)6)22-40(52(38)64-18)30-67-32-42-24-48(58(10,11)12)26-44(54(42)70-36-50(62)60(15)16)34-68-33-43-25-47(57(7,8)9)23-41(53(43)69-35-49(61)59(13)14)31-66-29-39(21-45)51(37)63-17/h19-26H,27-36H2,1-18H3. The van der Waals surface area contributed by atoms with Crippen LogP contribution in [0.2, 0.25) is 0 Å². The number of carbonyl (C=O) groups is 2. The summed E-state index contributed by atoms with van der Waals surface area (Å²) >= 11 is 0. The fourth-order valence-corrected chi connectivity index (χ4v) is 8.11. The van der Waals surface area contributed by atoms with Crippen LogP contribution in [-0.4, -0.2) is 77.2 Å². The van der Waals surface area contributed by atoms with Crippen LogP contribution in [0, 0.1) is 0 Å². The second-order valence-electron chi connectivity index (χ2n) is 23.0. The van der Waals surface area contributed by atoms with Gasteiger partial charge in [0.2, 0.25) is 0 Å². The lowest BCUT2D eigenvalue weighted by atomic mass is 9.84. The molecule has 0 radical (unpaired) electrons. The van der Waals surface area contributed by atoms with Crippen molar-refractivity contribution in [2.24, 2.45) is 0 Å². The molecule has 70 heavy (non-hydrogen) atoms. The van der Waals surface area contributed by atoms with Gasteiger partial charge in [-0.1, -0.05) is 83.1 Å². The summed E-state index contributed by atoms with van der Waals surface area (Å²) in [6.07, 6.45) is 0. The first-order valence-corrected chi connectivity index (χ1v) is 24.3. The van der Waals surface area contributed by atoms with Crippen LogP contribution in [0.1, 0.15) is 150 Å². The Morgan fingerprint density at radius 1 is 0.386 bits per heavy atom. The van der Waals surface area contributed by atoms with Gasteiger partial charge in [0.15, 0.2) is 13.2 Å². The second kappa shape index (κ2) is 22.9. The maximum Gasteiger partial charge on any atom is 0.259 e. The molecule has 12 heteroatoms. The van der Waals surface area contributed by atoms with Crippen LogP contribution in [0.3, 0.4) is 0 Å². The normalized spacial score (nSPS) is 14.5. The molecule has 8 bridgehead atoms. The minimum atomic E-state index is -0.252. The number of amides is 2. The van der Waals surface area contributed by atoms with Crippen LogP contribution >= 0.6 is 0 Å². The molecule has 12 nitrogen and oxygen atoms in total. The zero-order valence-electron chi connectivity index (χ0n) is 45.7. The van der Waals surface area contributed by atoms with Gasteiger partial charge in [-0.15, -0.1) is 0 Å². The van der Waals surface area contributed by atoms with E-state index in [1.807, 2.05) is 0 Å². The second-order valence-corrected chi connectivity index (χ2v) is 23.0. The van der Waals surface area contributed by atoms with Gasteiger partial charge in [-0.05, 0) is 92.4 Å². The molecule has 0 spiro atoms. The molecule has 1 heterocycles. The summed E-state index contributed by atoms with van der Waals surface area (Å²) < 4.78 is 51.9. The number of hydrogen-bond acceptors (Lipinski definition) is 10. The van der Waals surface area contributed by atoms with Crippen molar-refractivity contribution >= 4 is 11.8 Å². The van der Waals surface area contributed by atoms with E-state index in [0.717, 1.165) is 66.8 Å². The van der Waals surface area contributed by atoms with Crippen molar-refractivity contribution in [3.8, 4) is 23.0 Å². The Bertz CT molecular complexity index is 2290. The van der Waals surface area contributed by atoms with E-state index >= 15 is 0 Å². The molecule has 0 aliphatic carbocycles. The highest BCUT2D eigenvalue weighted by Crippen LogP contribution is 2.39. The van der Waals surface area contributed by atoms with Gasteiger partial charge in [-0.2, -0.15) is 0 Å². The summed E-state index contributed by atoms with van der Waals surface area (Å²) in [5.41, 5.74) is 10.2. The van der Waals surface area contributed by atoms with Crippen LogP contribution in [-0.2, 0) is 103 Å². The number of likely N-dealkylation sites (N-methyl/N-ethyl adjacent to an activating group) is 2. The molecule has 4 aromatic carbocycles. The fraction of sp³-hybridized carbons (Fsp3) is 0.552. The molecule has 0 saturated heterocycles. The van der Waals surface area contributed by atoms with Crippen LogP contribution in [0.25, 0.3) is 0 Å². The molecule has 1 aliphatic rings. The van der Waals surface area contributed by atoms with Gasteiger partial charge in [-0.25, -0.2) is 0 Å². The zero-order valence-corrected chi connectivity index (χ0v) is 45.7. The monoisotopic (exact) mass is 967 g/mol. The maximum atomic E-state index is 13.1. The predicted octanol–water partition coefficient (Wildman–Crippen LogP) is 11.0. The van der Waals surface area contributed by atoms with E-state index in [9.17, 15) is 9.59 Å². The fourth-order valence-electron chi connectivity index (χ4n) is 8.11. The molecule has 0 N–H and O–H groups in total. The van der Waals surface area contributed by atoms with Crippen molar-refractivity contribution in [2.45, 2.75) is 158 Å². The average molecular weight is 967 g/mol. The molecular formula is C58H82N2O10. The van der Waals surface area contributed by atoms with Gasteiger partial charge >= 0.3 is 0 Å². The lowest BCUT2D eigenvalue weighted by Gasteiger charge is -2.26. The molecule has 1 aliphatic heterocycles. The van der Waals surface area contributed by atoms with E-state index in [-0.39, 0.29) is 99.5 Å². The number of hydrogen-bond donors (Lipinski definition) is 0. The van der Waals surface area contributed by atoms with Crippen LogP contribution in [0.15, 0.2) is 48.5 Å². The number of rotatable bonds is 8. The van der Waals surface area contributed by atoms with E-state index < -0.39 is 0 Å². The Morgan fingerprint density at radius 2 is 0.571 bits per heavy atom. The van der Waals surface area contributed by atoms with E-state index in [4.69, 9.17) is 37.9 Å². The van der Waals surface area contributed by atoms with Gasteiger partial charge in [0.1, 0.15) is 23.0 Å². The Labute approximate surface area is 419 Å². The first-order chi connectivity index (χ1) is 32.6. The third-order valence-electron chi connectivity index (χ3n) is 12.6. The first kappa shape index (κ1) is 55.8. The molecule has 0 unspecified atom stereocenters. The maximum absolute atomic E-state index is 13.1. The van der Waals surface area contributed by atoms with Crippen molar-refractivity contribution in [1.29, 1.82) is 0 Å². The highest BCUT2D eigenvalue weighted by Gasteiger charge is 2.27. The van der Waals surface area contributed by atoms with Crippen molar-refractivity contribution in [1.82, 2.24) is 9.80 Å². The van der Waals surface area contributed by atoms with E-state index in [0.29, 0.717) is 23.0 Å². The molecule has 0 saturated carbocycles. The average Bonchev–Trinajstić information content (AvgIpc) is 3.25. The van der Waals surface area contributed by atoms with Gasteiger partial charge in [0, 0.05) is 72.7 Å². The van der Waals surface area contributed by atoms with Crippen molar-refractivity contribution in [3.05, 3.63) is 115 Å². The molecule has 2 amide bonds. The van der Waals surface area contributed by atoms with Crippen molar-refractivity contribution < 1.29 is 47.5 Å². The summed E-state index contributed by atoms with van der Waals surface area (Å²) in [6.45, 7) is 27.4. The van der Waals surface area contributed by atoms with Gasteiger partial charge in [0.05, 0.1) is 67.1 Å². The Hall–Kier alpha value is -5.14. The molecule has 4 aromatic rings. The van der Waals surface area contributed by atoms with Gasteiger partial charge < -0.3 is 47.7 Å². The van der Waals surface area contributed by atoms with Gasteiger partial charge in [-0.3, -0.25) is 9.59 Å². The summed E-state index contributed by atoms with van der Waals surface area (Å²) in [4.78, 5) is 29.2.